The van der Waals surface area contributed by atoms with Crippen molar-refractivity contribution in [2.75, 3.05) is 19.6 Å². The number of nitrogens with one attached hydrogen (secondary N) is 1. The Balaban J connectivity index is 1.55. The number of fused-ring (bicyclic) bond motifs is 1. The maximum Gasteiger partial charge on any atom is 0.287 e. The molecule has 28 heavy (non-hydrogen) atoms. The van der Waals surface area contributed by atoms with E-state index in [1.54, 1.807) is 0 Å². The van der Waals surface area contributed by atoms with Gasteiger partial charge in [0.25, 0.3) is 5.91 Å². The van der Waals surface area contributed by atoms with Crippen molar-refractivity contribution < 1.29 is 13.6 Å². The first-order chi connectivity index (χ1) is 13.4. The molecule has 1 N–H and O–H groups in total. The number of carbonyl (C=O) groups excluding carboxylic acids is 1. The number of carbonyl (C=O) groups is 1. The number of likely N-dealkylation sites (tertiary alicyclic amines) is 1. The Hall–Kier alpha value is -2.24. The van der Waals surface area contributed by atoms with Crippen LogP contribution in [0.25, 0.3) is 11.0 Å². The van der Waals surface area contributed by atoms with Crippen molar-refractivity contribution in [2.24, 2.45) is 0 Å². The first-order valence-corrected chi connectivity index (χ1v) is 10.1. The molecular formula is C22H25ClN2O3. The summed E-state index contributed by atoms with van der Waals surface area (Å²) in [6.07, 6.45) is 2.35. The third-order valence-corrected chi connectivity index (χ3v) is 5.96. The molecular weight excluding hydrogens is 376 g/mol. The summed E-state index contributed by atoms with van der Waals surface area (Å²) in [5.41, 5.74) is 2.42. The zero-order chi connectivity index (χ0) is 19.8. The molecule has 1 aromatic carbocycles. The van der Waals surface area contributed by atoms with Gasteiger partial charge in [-0.3, -0.25) is 9.69 Å². The Bertz CT molecular complexity index is 1010. The van der Waals surface area contributed by atoms with Gasteiger partial charge in [0.15, 0.2) is 5.76 Å². The fraction of sp³-hybridized carbons (Fsp3) is 0.409. The smallest absolute Gasteiger partial charge is 0.287 e. The molecule has 4 rings (SSSR count). The number of nitrogens with zero attached hydrogens (tertiary/aromatic N) is 1. The highest BCUT2D eigenvalue weighted by Gasteiger charge is 2.27. The number of rotatable bonds is 5. The van der Waals surface area contributed by atoms with Crippen molar-refractivity contribution in [1.29, 1.82) is 0 Å². The summed E-state index contributed by atoms with van der Waals surface area (Å²) in [7, 11) is 0. The number of hydrogen-bond acceptors (Lipinski definition) is 4. The van der Waals surface area contributed by atoms with Crippen LogP contribution in [0.1, 0.15) is 52.1 Å². The number of benzene rings is 1. The van der Waals surface area contributed by atoms with Gasteiger partial charge >= 0.3 is 0 Å². The number of aryl methyl sites for hydroxylation is 3. The first-order valence-electron chi connectivity index (χ1n) is 9.72. The lowest BCUT2D eigenvalue weighted by molar-refractivity contribution is 0.0907. The van der Waals surface area contributed by atoms with Gasteiger partial charge < -0.3 is 14.2 Å². The van der Waals surface area contributed by atoms with Gasteiger partial charge in [-0.2, -0.15) is 0 Å². The second-order valence-corrected chi connectivity index (χ2v) is 7.98. The fourth-order valence-corrected chi connectivity index (χ4v) is 4.09. The van der Waals surface area contributed by atoms with Crippen LogP contribution in [0.4, 0.5) is 0 Å². The highest BCUT2D eigenvalue weighted by Crippen LogP contribution is 2.31. The molecule has 3 heterocycles. The molecule has 0 saturated carbocycles. The van der Waals surface area contributed by atoms with E-state index < -0.39 is 0 Å². The van der Waals surface area contributed by atoms with Crippen LogP contribution in [0, 0.1) is 20.8 Å². The predicted octanol–water partition coefficient (Wildman–Crippen LogP) is 5.17. The highest BCUT2D eigenvalue weighted by atomic mass is 35.5. The molecule has 1 amide bonds. The average Bonchev–Trinajstić information content (AvgIpc) is 3.39. The van der Waals surface area contributed by atoms with Crippen LogP contribution in [0.5, 0.6) is 0 Å². The largest absolute Gasteiger partial charge is 0.465 e. The predicted molar refractivity (Wildman–Crippen MR) is 110 cm³/mol. The SMILES string of the molecule is Cc1ccc([C@@H](CNC(=O)c2oc3cc(C)c(Cl)cc3c2C)N2CCCC2)o1. The van der Waals surface area contributed by atoms with Gasteiger partial charge in [-0.05, 0) is 76.5 Å². The summed E-state index contributed by atoms with van der Waals surface area (Å²) >= 11 is 6.24. The van der Waals surface area contributed by atoms with Crippen LogP contribution in [0.3, 0.4) is 0 Å². The maximum atomic E-state index is 12.9. The van der Waals surface area contributed by atoms with Crippen molar-refractivity contribution in [3.05, 3.63) is 57.7 Å². The van der Waals surface area contributed by atoms with Crippen molar-refractivity contribution in [1.82, 2.24) is 10.2 Å². The molecule has 3 aromatic rings. The highest BCUT2D eigenvalue weighted by molar-refractivity contribution is 6.32. The van der Waals surface area contributed by atoms with Crippen molar-refractivity contribution >= 4 is 28.5 Å². The first kappa shape index (κ1) is 19.1. The van der Waals surface area contributed by atoms with E-state index in [0.717, 1.165) is 41.1 Å². The number of amides is 1. The molecule has 0 aliphatic carbocycles. The van der Waals surface area contributed by atoms with E-state index in [1.807, 2.05) is 45.0 Å². The van der Waals surface area contributed by atoms with Crippen molar-refractivity contribution in [3.63, 3.8) is 0 Å². The van der Waals surface area contributed by atoms with Gasteiger partial charge in [0.2, 0.25) is 0 Å². The lowest BCUT2D eigenvalue weighted by atomic mass is 10.1. The van der Waals surface area contributed by atoms with E-state index in [9.17, 15) is 4.79 Å². The normalized spacial score (nSPS) is 16.0. The minimum absolute atomic E-state index is 0.0292. The third-order valence-electron chi connectivity index (χ3n) is 5.55. The summed E-state index contributed by atoms with van der Waals surface area (Å²) in [5, 5.41) is 4.59. The molecule has 1 fully saturated rings. The van der Waals surface area contributed by atoms with Gasteiger partial charge in [0, 0.05) is 22.5 Å². The van der Waals surface area contributed by atoms with Gasteiger partial charge in [-0.15, -0.1) is 0 Å². The molecule has 0 bridgehead atoms. The average molecular weight is 401 g/mol. The van der Waals surface area contributed by atoms with Gasteiger partial charge in [0.05, 0.1) is 6.04 Å². The van der Waals surface area contributed by atoms with Crippen LogP contribution >= 0.6 is 11.6 Å². The molecule has 1 aliphatic heterocycles. The Morgan fingerprint density at radius 3 is 2.61 bits per heavy atom. The van der Waals surface area contributed by atoms with Gasteiger partial charge in [-0.1, -0.05) is 11.6 Å². The van der Waals surface area contributed by atoms with Crippen molar-refractivity contribution in [2.45, 2.75) is 39.7 Å². The molecule has 148 valence electrons. The number of furan rings is 2. The lowest BCUT2D eigenvalue weighted by Crippen LogP contribution is -2.36. The number of hydrogen-bond donors (Lipinski definition) is 1. The summed E-state index contributed by atoms with van der Waals surface area (Å²) in [6, 6.07) is 7.74. The summed E-state index contributed by atoms with van der Waals surface area (Å²) in [4.78, 5) is 15.2. The third kappa shape index (κ3) is 3.56. The molecule has 5 nitrogen and oxygen atoms in total. The van der Waals surface area contributed by atoms with Gasteiger partial charge in [0.1, 0.15) is 17.1 Å². The molecule has 0 unspecified atom stereocenters. The van der Waals surface area contributed by atoms with E-state index in [-0.39, 0.29) is 11.9 Å². The van der Waals surface area contributed by atoms with Crippen LogP contribution in [-0.4, -0.2) is 30.4 Å². The van der Waals surface area contributed by atoms with E-state index in [1.165, 1.54) is 12.8 Å². The molecule has 0 radical (unpaired) electrons. The van der Waals surface area contributed by atoms with E-state index in [4.69, 9.17) is 20.4 Å². The molecule has 6 heteroatoms. The van der Waals surface area contributed by atoms with Gasteiger partial charge in [-0.25, -0.2) is 0 Å². The molecule has 1 atom stereocenters. The molecule has 2 aromatic heterocycles. The Kier molecular flexibility index (Phi) is 5.21. The van der Waals surface area contributed by atoms with E-state index >= 15 is 0 Å². The number of halogens is 1. The lowest BCUT2D eigenvalue weighted by Gasteiger charge is -2.25. The summed E-state index contributed by atoms with van der Waals surface area (Å²) < 4.78 is 11.7. The van der Waals surface area contributed by atoms with E-state index in [0.29, 0.717) is 22.9 Å². The quantitative estimate of drug-likeness (QED) is 0.641. The van der Waals surface area contributed by atoms with Crippen LogP contribution in [0.15, 0.2) is 33.1 Å². The Morgan fingerprint density at radius 1 is 1.18 bits per heavy atom. The minimum Gasteiger partial charge on any atom is -0.465 e. The summed E-state index contributed by atoms with van der Waals surface area (Å²) in [5.74, 6) is 1.90. The molecule has 1 saturated heterocycles. The second-order valence-electron chi connectivity index (χ2n) is 7.57. The van der Waals surface area contributed by atoms with Crippen LogP contribution < -0.4 is 5.32 Å². The Morgan fingerprint density at radius 2 is 1.93 bits per heavy atom. The van der Waals surface area contributed by atoms with Crippen LogP contribution in [0.2, 0.25) is 5.02 Å². The maximum absolute atomic E-state index is 12.9. The molecule has 0 spiro atoms. The fourth-order valence-electron chi connectivity index (χ4n) is 3.92. The summed E-state index contributed by atoms with van der Waals surface area (Å²) in [6.45, 7) is 8.26. The minimum atomic E-state index is -0.213. The van der Waals surface area contributed by atoms with Crippen molar-refractivity contribution in [3.8, 4) is 0 Å². The van der Waals surface area contributed by atoms with E-state index in [2.05, 4.69) is 10.2 Å². The van der Waals surface area contributed by atoms with Crippen LogP contribution in [-0.2, 0) is 0 Å². The second kappa shape index (κ2) is 7.64. The topological polar surface area (TPSA) is 58.6 Å². The standard InChI is InChI=1S/C22H25ClN2O3/c1-13-10-20-16(11-17(13)23)15(3)21(28-20)22(26)24-12-18(25-8-4-5-9-25)19-7-6-14(2)27-19/h6-7,10-11,18H,4-5,8-9,12H2,1-3H3,(H,24,26)/t18-/m1/s1. The monoisotopic (exact) mass is 400 g/mol. The zero-order valence-corrected chi connectivity index (χ0v) is 17.2. The zero-order valence-electron chi connectivity index (χ0n) is 16.5. The Labute approximate surface area is 169 Å². The molecule has 1 aliphatic rings.